The highest BCUT2D eigenvalue weighted by Crippen LogP contribution is 2.29. The number of anilines is 1. The smallest absolute Gasteiger partial charge is 0.251 e. The molecule has 0 aliphatic carbocycles. The summed E-state index contributed by atoms with van der Waals surface area (Å²) in [7, 11) is 4.82. The van der Waals surface area contributed by atoms with Crippen LogP contribution in [0, 0.1) is 0 Å². The van der Waals surface area contributed by atoms with E-state index in [1.165, 1.54) is 0 Å². The summed E-state index contributed by atoms with van der Waals surface area (Å²) in [6.45, 7) is 3.22. The van der Waals surface area contributed by atoms with Crippen molar-refractivity contribution in [2.24, 2.45) is 4.99 Å². The molecule has 152 valence electrons. The highest BCUT2D eigenvalue weighted by atomic mass is 127. The number of carbonyl (C=O) groups is 1. The van der Waals surface area contributed by atoms with E-state index >= 15 is 0 Å². The molecular weight excluding hydrogens is 471 g/mol. The van der Waals surface area contributed by atoms with E-state index in [0.717, 1.165) is 17.8 Å². The van der Waals surface area contributed by atoms with Gasteiger partial charge in [0.25, 0.3) is 5.91 Å². The molecule has 3 N–H and O–H groups in total. The van der Waals surface area contributed by atoms with Gasteiger partial charge in [0, 0.05) is 30.9 Å². The standard InChI is InChI=1S/C20H26N4O3.HI/c1-5-22-20(24-16-10-11-17(26-3)18(12-16)27-4)23-13-14-6-8-15(9-7-14)19(25)21-2;/h6-12H,5,13H2,1-4H3,(H,21,25)(H2,22,23,24);1H. The Kier molecular flexibility index (Phi) is 10.1. The number of halogens is 1. The molecule has 0 radical (unpaired) electrons. The highest BCUT2D eigenvalue weighted by Gasteiger charge is 2.07. The fraction of sp³-hybridized carbons (Fsp3) is 0.300. The number of ether oxygens (including phenoxy) is 2. The van der Waals surface area contributed by atoms with E-state index < -0.39 is 0 Å². The topological polar surface area (TPSA) is 84.0 Å². The van der Waals surface area contributed by atoms with Gasteiger partial charge in [-0.3, -0.25) is 4.79 Å². The molecule has 0 bridgehead atoms. The number of rotatable bonds is 7. The Morgan fingerprint density at radius 2 is 1.71 bits per heavy atom. The molecule has 0 saturated carbocycles. The summed E-state index contributed by atoms with van der Waals surface area (Å²) in [6.07, 6.45) is 0. The first kappa shape index (κ1) is 23.5. The van der Waals surface area contributed by atoms with Gasteiger partial charge in [-0.2, -0.15) is 0 Å². The van der Waals surface area contributed by atoms with Crippen molar-refractivity contribution in [3.63, 3.8) is 0 Å². The van der Waals surface area contributed by atoms with E-state index in [-0.39, 0.29) is 29.9 Å². The van der Waals surface area contributed by atoms with Crippen LogP contribution in [0.25, 0.3) is 0 Å². The predicted octanol–water partition coefficient (Wildman–Crippen LogP) is 3.26. The van der Waals surface area contributed by atoms with E-state index in [0.29, 0.717) is 29.6 Å². The van der Waals surface area contributed by atoms with Gasteiger partial charge in [0.2, 0.25) is 0 Å². The number of nitrogens with one attached hydrogen (secondary N) is 3. The number of carbonyl (C=O) groups excluding carboxylic acids is 1. The number of benzene rings is 2. The van der Waals surface area contributed by atoms with Crippen LogP contribution < -0.4 is 25.4 Å². The van der Waals surface area contributed by atoms with E-state index in [4.69, 9.17) is 9.47 Å². The third-order valence-electron chi connectivity index (χ3n) is 3.85. The van der Waals surface area contributed by atoms with Gasteiger partial charge in [0.1, 0.15) is 0 Å². The van der Waals surface area contributed by atoms with Crippen LogP contribution in [0.15, 0.2) is 47.5 Å². The molecule has 0 heterocycles. The quantitative estimate of drug-likeness (QED) is 0.310. The first-order chi connectivity index (χ1) is 13.1. The maximum absolute atomic E-state index is 11.6. The van der Waals surface area contributed by atoms with E-state index in [9.17, 15) is 4.79 Å². The molecule has 2 aromatic rings. The Morgan fingerprint density at radius 1 is 1.04 bits per heavy atom. The lowest BCUT2D eigenvalue weighted by molar-refractivity contribution is 0.0963. The van der Waals surface area contributed by atoms with Gasteiger partial charge in [-0.1, -0.05) is 12.1 Å². The fourth-order valence-electron chi connectivity index (χ4n) is 2.43. The number of hydrogen-bond acceptors (Lipinski definition) is 4. The van der Waals surface area contributed by atoms with Crippen molar-refractivity contribution in [1.82, 2.24) is 10.6 Å². The second-order valence-electron chi connectivity index (χ2n) is 5.67. The van der Waals surface area contributed by atoms with Crippen LogP contribution in [0.3, 0.4) is 0 Å². The number of nitrogens with zero attached hydrogens (tertiary/aromatic N) is 1. The van der Waals surface area contributed by atoms with Crippen molar-refractivity contribution in [3.05, 3.63) is 53.6 Å². The summed E-state index contributed by atoms with van der Waals surface area (Å²) in [5.74, 6) is 1.86. The van der Waals surface area contributed by atoms with Crippen molar-refractivity contribution in [2.45, 2.75) is 13.5 Å². The molecule has 2 aromatic carbocycles. The molecule has 0 spiro atoms. The minimum absolute atomic E-state index is 0. The second kappa shape index (κ2) is 12.1. The number of methoxy groups -OCH3 is 2. The minimum atomic E-state index is -0.103. The average molecular weight is 498 g/mol. The number of amides is 1. The molecule has 2 rings (SSSR count). The van der Waals surface area contributed by atoms with E-state index in [2.05, 4.69) is 20.9 Å². The average Bonchev–Trinajstić information content (AvgIpc) is 2.71. The van der Waals surface area contributed by atoms with E-state index in [1.807, 2.05) is 37.3 Å². The molecule has 0 fully saturated rings. The monoisotopic (exact) mass is 498 g/mol. The van der Waals surface area contributed by atoms with Crippen molar-refractivity contribution >= 4 is 41.5 Å². The Balaban J connectivity index is 0.00000392. The number of guanidine groups is 1. The van der Waals surface area contributed by atoms with Crippen LogP contribution >= 0.6 is 24.0 Å². The van der Waals surface area contributed by atoms with Gasteiger partial charge in [-0.05, 0) is 36.8 Å². The van der Waals surface area contributed by atoms with Crippen LogP contribution in [-0.4, -0.2) is 39.7 Å². The second-order valence-corrected chi connectivity index (χ2v) is 5.67. The molecule has 0 saturated heterocycles. The van der Waals surface area contributed by atoms with Crippen molar-refractivity contribution < 1.29 is 14.3 Å². The van der Waals surface area contributed by atoms with E-state index in [1.54, 1.807) is 33.4 Å². The van der Waals surface area contributed by atoms with Gasteiger partial charge in [0.15, 0.2) is 17.5 Å². The summed E-state index contributed by atoms with van der Waals surface area (Å²) in [5, 5.41) is 9.07. The fourth-order valence-corrected chi connectivity index (χ4v) is 2.43. The largest absolute Gasteiger partial charge is 0.493 e. The third kappa shape index (κ3) is 6.59. The first-order valence-corrected chi connectivity index (χ1v) is 8.69. The lowest BCUT2D eigenvalue weighted by Crippen LogP contribution is -2.30. The Hall–Kier alpha value is -2.49. The normalized spacial score (nSPS) is 10.5. The zero-order valence-corrected chi connectivity index (χ0v) is 18.9. The Labute approximate surface area is 182 Å². The summed E-state index contributed by atoms with van der Waals surface area (Å²) in [6, 6.07) is 13.0. The lowest BCUT2D eigenvalue weighted by Gasteiger charge is -2.14. The van der Waals surface area contributed by atoms with Gasteiger partial charge in [-0.15, -0.1) is 24.0 Å². The summed E-state index contributed by atoms with van der Waals surface area (Å²) in [4.78, 5) is 16.2. The SMILES string of the molecule is CCNC(=NCc1ccc(C(=O)NC)cc1)Nc1ccc(OC)c(OC)c1.I. The molecule has 0 atom stereocenters. The number of aliphatic imine (C=N–C) groups is 1. The zero-order chi connectivity index (χ0) is 19.6. The third-order valence-corrected chi connectivity index (χ3v) is 3.85. The van der Waals surface area contributed by atoms with Crippen LogP contribution in [0.2, 0.25) is 0 Å². The molecule has 7 nitrogen and oxygen atoms in total. The van der Waals surface area contributed by atoms with Gasteiger partial charge < -0.3 is 25.4 Å². The van der Waals surface area contributed by atoms with Gasteiger partial charge in [-0.25, -0.2) is 4.99 Å². The molecular formula is C20H27IN4O3. The molecule has 0 aromatic heterocycles. The zero-order valence-electron chi connectivity index (χ0n) is 16.5. The molecule has 0 aliphatic rings. The molecule has 0 aliphatic heterocycles. The minimum Gasteiger partial charge on any atom is -0.493 e. The summed E-state index contributed by atoms with van der Waals surface area (Å²) >= 11 is 0. The molecule has 8 heteroatoms. The van der Waals surface area contributed by atoms with Crippen LogP contribution in [0.4, 0.5) is 5.69 Å². The van der Waals surface area contributed by atoms with Crippen molar-refractivity contribution in [1.29, 1.82) is 0 Å². The maximum Gasteiger partial charge on any atom is 0.251 e. The van der Waals surface area contributed by atoms with Crippen molar-refractivity contribution in [3.8, 4) is 11.5 Å². The van der Waals surface area contributed by atoms with Crippen molar-refractivity contribution in [2.75, 3.05) is 33.1 Å². The Morgan fingerprint density at radius 3 is 2.29 bits per heavy atom. The van der Waals surface area contributed by atoms with Crippen LogP contribution in [0.5, 0.6) is 11.5 Å². The van der Waals surface area contributed by atoms with Crippen LogP contribution in [-0.2, 0) is 6.54 Å². The summed E-state index contributed by atoms with van der Waals surface area (Å²) in [5.41, 5.74) is 2.47. The van der Waals surface area contributed by atoms with Gasteiger partial charge in [0.05, 0.1) is 20.8 Å². The lowest BCUT2D eigenvalue weighted by atomic mass is 10.1. The highest BCUT2D eigenvalue weighted by molar-refractivity contribution is 14.0. The molecule has 0 unspecified atom stereocenters. The number of hydrogen-bond donors (Lipinski definition) is 3. The van der Waals surface area contributed by atoms with Crippen LogP contribution in [0.1, 0.15) is 22.8 Å². The maximum atomic E-state index is 11.6. The van der Waals surface area contributed by atoms with Gasteiger partial charge >= 0.3 is 0 Å². The molecule has 28 heavy (non-hydrogen) atoms. The predicted molar refractivity (Wildman–Crippen MR) is 123 cm³/mol. The molecule has 1 amide bonds. The first-order valence-electron chi connectivity index (χ1n) is 8.69. The summed E-state index contributed by atoms with van der Waals surface area (Å²) < 4.78 is 10.6. The Bertz CT molecular complexity index is 795.